The largest absolute Gasteiger partial charge is 0.462 e. The molecule has 2 aliphatic heterocycles. The molecule has 4 nitrogen and oxygen atoms in total. The molecular weight excluding hydrogens is 208 g/mol. The summed E-state index contributed by atoms with van der Waals surface area (Å²) in [5.74, 6) is 0.213. The summed E-state index contributed by atoms with van der Waals surface area (Å²) in [6, 6.07) is 0. The highest BCUT2D eigenvalue weighted by molar-refractivity contribution is 5.72. The molecule has 0 radical (unpaired) electrons. The molecule has 4 aliphatic rings. The number of hydrogen-bond donors (Lipinski definition) is 1. The number of aliphatic hydroxyl groups is 1. The highest BCUT2D eigenvalue weighted by Crippen LogP contribution is 2.60. The highest BCUT2D eigenvalue weighted by atomic mass is 16.6. The molecule has 2 saturated heterocycles. The first kappa shape index (κ1) is 9.42. The van der Waals surface area contributed by atoms with Gasteiger partial charge in [0, 0.05) is 18.3 Å². The van der Waals surface area contributed by atoms with Gasteiger partial charge in [-0.2, -0.15) is 0 Å². The molecule has 88 valence electrons. The Kier molecular flexibility index (Phi) is 1.65. The fourth-order valence-electron chi connectivity index (χ4n) is 4.22. The molecule has 0 aromatic rings. The zero-order chi connectivity index (χ0) is 10.9. The Morgan fingerprint density at radius 2 is 2.31 bits per heavy atom. The van der Waals surface area contributed by atoms with Gasteiger partial charge in [0.15, 0.2) is 0 Å². The average molecular weight is 224 g/mol. The van der Waals surface area contributed by atoms with Gasteiger partial charge in [0.05, 0.1) is 18.6 Å². The van der Waals surface area contributed by atoms with E-state index in [1.54, 1.807) is 0 Å². The number of carbonyl (C=O) groups excluding carboxylic acids is 1. The van der Waals surface area contributed by atoms with Crippen molar-refractivity contribution in [2.24, 2.45) is 11.8 Å². The van der Waals surface area contributed by atoms with Crippen LogP contribution < -0.4 is 0 Å². The minimum Gasteiger partial charge on any atom is -0.462 e. The maximum Gasteiger partial charge on any atom is 0.306 e. The summed E-state index contributed by atoms with van der Waals surface area (Å²) in [4.78, 5) is 11.4. The number of hydrogen-bond acceptors (Lipinski definition) is 4. The van der Waals surface area contributed by atoms with Gasteiger partial charge < -0.3 is 14.6 Å². The lowest BCUT2D eigenvalue weighted by Gasteiger charge is -2.26. The normalized spacial score (nSPS) is 58.3. The molecular formula is C12H16O4. The van der Waals surface area contributed by atoms with Crippen molar-refractivity contribution in [3.05, 3.63) is 0 Å². The number of fused-ring (bicyclic) bond motifs is 2. The number of esters is 1. The number of epoxide rings is 1. The van der Waals surface area contributed by atoms with E-state index < -0.39 is 6.10 Å². The molecule has 2 aliphatic carbocycles. The van der Waals surface area contributed by atoms with E-state index in [1.807, 2.05) is 0 Å². The van der Waals surface area contributed by atoms with Crippen LogP contribution in [0.3, 0.4) is 0 Å². The van der Waals surface area contributed by atoms with Crippen LogP contribution in [-0.2, 0) is 14.3 Å². The van der Waals surface area contributed by atoms with Gasteiger partial charge in [-0.25, -0.2) is 0 Å². The van der Waals surface area contributed by atoms with E-state index in [0.29, 0.717) is 18.8 Å². The van der Waals surface area contributed by atoms with Crippen molar-refractivity contribution in [1.29, 1.82) is 0 Å². The zero-order valence-electron chi connectivity index (χ0n) is 9.09. The Labute approximate surface area is 93.9 Å². The minimum atomic E-state index is -0.425. The van der Waals surface area contributed by atoms with E-state index in [1.165, 1.54) is 0 Å². The average Bonchev–Trinajstić information content (AvgIpc) is 2.61. The van der Waals surface area contributed by atoms with Crippen molar-refractivity contribution in [2.45, 2.75) is 56.0 Å². The van der Waals surface area contributed by atoms with Crippen molar-refractivity contribution in [3.8, 4) is 0 Å². The van der Waals surface area contributed by atoms with Gasteiger partial charge in [-0.05, 0) is 19.3 Å². The predicted octanol–water partition coefficient (Wildman–Crippen LogP) is 0.620. The third-order valence-electron chi connectivity index (χ3n) is 5.00. The Bertz CT molecular complexity index is 355. The Hall–Kier alpha value is -0.610. The van der Waals surface area contributed by atoms with Gasteiger partial charge in [0.2, 0.25) is 0 Å². The molecule has 2 heterocycles. The number of carbonyl (C=O) groups is 1. The molecule has 1 spiro atoms. The van der Waals surface area contributed by atoms with Gasteiger partial charge >= 0.3 is 5.97 Å². The van der Waals surface area contributed by atoms with Crippen LogP contribution in [0.15, 0.2) is 0 Å². The second-order valence-corrected chi connectivity index (χ2v) is 5.69. The van der Waals surface area contributed by atoms with Crippen molar-refractivity contribution in [2.75, 3.05) is 0 Å². The topological polar surface area (TPSA) is 59.1 Å². The summed E-state index contributed by atoms with van der Waals surface area (Å²) in [6.07, 6.45) is 4.12. The van der Waals surface area contributed by atoms with E-state index >= 15 is 0 Å². The first-order valence-electron chi connectivity index (χ1n) is 6.26. The minimum absolute atomic E-state index is 0.0175. The highest BCUT2D eigenvalue weighted by Gasteiger charge is 2.69. The van der Waals surface area contributed by atoms with Crippen LogP contribution in [0.1, 0.15) is 32.1 Å². The third kappa shape index (κ3) is 0.998. The molecule has 2 saturated carbocycles. The fourth-order valence-corrected chi connectivity index (χ4v) is 4.22. The summed E-state index contributed by atoms with van der Waals surface area (Å²) in [7, 11) is 0. The van der Waals surface area contributed by atoms with Gasteiger partial charge in [-0.1, -0.05) is 0 Å². The molecule has 6 unspecified atom stereocenters. The molecule has 16 heavy (non-hydrogen) atoms. The SMILES string of the molecule is O=C1CC2C(O)CC3OC34CCCC4C2O1. The van der Waals surface area contributed by atoms with Gasteiger partial charge in [0.25, 0.3) is 0 Å². The van der Waals surface area contributed by atoms with Crippen LogP contribution in [0, 0.1) is 11.8 Å². The molecule has 0 bridgehead atoms. The van der Waals surface area contributed by atoms with Gasteiger partial charge in [-0.15, -0.1) is 0 Å². The quantitative estimate of drug-likeness (QED) is 0.484. The fraction of sp³-hybridized carbons (Fsp3) is 0.917. The molecule has 0 aromatic heterocycles. The molecule has 4 heteroatoms. The Morgan fingerprint density at radius 1 is 1.44 bits per heavy atom. The summed E-state index contributed by atoms with van der Waals surface area (Å²) < 4.78 is 11.3. The first-order valence-corrected chi connectivity index (χ1v) is 6.26. The van der Waals surface area contributed by atoms with Crippen LogP contribution in [0.4, 0.5) is 0 Å². The van der Waals surface area contributed by atoms with Crippen molar-refractivity contribution >= 4 is 5.97 Å². The Morgan fingerprint density at radius 3 is 3.19 bits per heavy atom. The van der Waals surface area contributed by atoms with E-state index in [4.69, 9.17) is 9.47 Å². The maximum absolute atomic E-state index is 11.4. The van der Waals surface area contributed by atoms with Crippen LogP contribution in [0.25, 0.3) is 0 Å². The van der Waals surface area contributed by atoms with E-state index in [2.05, 4.69) is 0 Å². The number of aliphatic hydroxyl groups excluding tert-OH is 1. The lowest BCUT2D eigenvalue weighted by atomic mass is 9.84. The summed E-state index contributed by atoms with van der Waals surface area (Å²) in [5.41, 5.74) is -0.0367. The summed E-state index contributed by atoms with van der Waals surface area (Å²) >= 11 is 0. The third-order valence-corrected chi connectivity index (χ3v) is 5.00. The molecule has 0 aromatic carbocycles. The van der Waals surface area contributed by atoms with E-state index in [0.717, 1.165) is 19.3 Å². The van der Waals surface area contributed by atoms with Gasteiger partial charge in [-0.3, -0.25) is 4.79 Å². The van der Waals surface area contributed by atoms with Gasteiger partial charge in [0.1, 0.15) is 11.7 Å². The van der Waals surface area contributed by atoms with Crippen LogP contribution >= 0.6 is 0 Å². The molecule has 4 rings (SSSR count). The molecule has 4 fully saturated rings. The number of rotatable bonds is 0. The molecule has 0 amide bonds. The van der Waals surface area contributed by atoms with Crippen LogP contribution in [-0.4, -0.2) is 35.0 Å². The smallest absolute Gasteiger partial charge is 0.306 e. The molecule has 1 N–H and O–H groups in total. The second-order valence-electron chi connectivity index (χ2n) is 5.69. The lowest BCUT2D eigenvalue weighted by molar-refractivity contribution is -0.144. The lowest BCUT2D eigenvalue weighted by Crippen LogP contribution is -2.36. The number of ether oxygens (including phenoxy) is 2. The summed E-state index contributed by atoms with van der Waals surface area (Å²) in [5, 5.41) is 10.1. The monoisotopic (exact) mass is 224 g/mol. The standard InChI is InChI=1S/C12H16O4/c13-8-5-9-12(16-9)3-1-2-7(12)11-6(8)4-10(14)15-11/h6-9,11,13H,1-5H2. The molecule has 6 atom stereocenters. The van der Waals surface area contributed by atoms with Crippen molar-refractivity contribution in [3.63, 3.8) is 0 Å². The van der Waals surface area contributed by atoms with Crippen LogP contribution in [0.2, 0.25) is 0 Å². The van der Waals surface area contributed by atoms with E-state index in [9.17, 15) is 9.90 Å². The van der Waals surface area contributed by atoms with Crippen molar-refractivity contribution < 1.29 is 19.4 Å². The Balaban J connectivity index is 1.73. The zero-order valence-corrected chi connectivity index (χ0v) is 9.09. The maximum atomic E-state index is 11.4. The first-order chi connectivity index (χ1) is 7.71. The van der Waals surface area contributed by atoms with Crippen LogP contribution in [0.5, 0.6) is 0 Å². The second kappa shape index (κ2) is 2.79. The van der Waals surface area contributed by atoms with E-state index in [-0.39, 0.29) is 29.7 Å². The predicted molar refractivity (Wildman–Crippen MR) is 53.6 cm³/mol. The van der Waals surface area contributed by atoms with Crippen molar-refractivity contribution in [1.82, 2.24) is 0 Å². The summed E-state index contributed by atoms with van der Waals surface area (Å²) in [6.45, 7) is 0.